The zero-order valence-electron chi connectivity index (χ0n) is 7.85. The second kappa shape index (κ2) is 3.85. The standard InChI is InChI=1S/C10H15NS/c1-7(2)9-6-11-5-8(3)4-10(9)12/h4,6-7,11H,5H2,1-3H3. The summed E-state index contributed by atoms with van der Waals surface area (Å²) in [6, 6.07) is 0. The van der Waals surface area contributed by atoms with Gasteiger partial charge in [0.2, 0.25) is 0 Å². The van der Waals surface area contributed by atoms with E-state index in [1.807, 2.05) is 6.20 Å². The molecule has 1 aliphatic rings. The van der Waals surface area contributed by atoms with Crippen LogP contribution in [0.4, 0.5) is 0 Å². The molecule has 0 aromatic rings. The number of hydrogen-bond donors (Lipinski definition) is 1. The molecule has 0 atom stereocenters. The molecule has 1 aliphatic heterocycles. The molecule has 1 rings (SSSR count). The van der Waals surface area contributed by atoms with Gasteiger partial charge in [0.05, 0.1) is 0 Å². The molecule has 66 valence electrons. The van der Waals surface area contributed by atoms with Crippen LogP contribution in [0.25, 0.3) is 0 Å². The molecular formula is C10H15NS. The third kappa shape index (κ3) is 2.18. The van der Waals surface area contributed by atoms with Gasteiger partial charge in [-0.15, -0.1) is 0 Å². The molecule has 0 aliphatic carbocycles. The first kappa shape index (κ1) is 9.46. The van der Waals surface area contributed by atoms with Crippen LogP contribution < -0.4 is 5.32 Å². The molecule has 0 saturated heterocycles. The van der Waals surface area contributed by atoms with Gasteiger partial charge in [-0.1, -0.05) is 31.6 Å². The van der Waals surface area contributed by atoms with Crippen LogP contribution in [0.1, 0.15) is 20.8 Å². The van der Waals surface area contributed by atoms with Gasteiger partial charge in [-0.25, -0.2) is 0 Å². The van der Waals surface area contributed by atoms with Gasteiger partial charge < -0.3 is 5.32 Å². The molecule has 0 aromatic heterocycles. The molecule has 0 amide bonds. The van der Waals surface area contributed by atoms with E-state index in [1.54, 1.807) is 0 Å². The Morgan fingerprint density at radius 3 is 2.75 bits per heavy atom. The van der Waals surface area contributed by atoms with Crippen molar-refractivity contribution in [3.05, 3.63) is 23.4 Å². The van der Waals surface area contributed by atoms with Crippen LogP contribution in [0.15, 0.2) is 23.4 Å². The van der Waals surface area contributed by atoms with Crippen LogP contribution >= 0.6 is 12.2 Å². The smallest absolute Gasteiger partial charge is 0.0426 e. The lowest BCUT2D eigenvalue weighted by atomic mass is 10.0. The average Bonchev–Trinajstić information content (AvgIpc) is 2.10. The van der Waals surface area contributed by atoms with Gasteiger partial charge in [-0.05, 0) is 24.5 Å². The molecule has 1 heterocycles. The summed E-state index contributed by atoms with van der Waals surface area (Å²) in [5.74, 6) is 0.507. The Kier molecular flexibility index (Phi) is 3.04. The molecule has 1 N–H and O–H groups in total. The van der Waals surface area contributed by atoms with Crippen molar-refractivity contribution in [2.75, 3.05) is 6.54 Å². The normalized spacial score (nSPS) is 18.2. The third-order valence-corrected chi connectivity index (χ3v) is 2.28. The third-order valence-electron chi connectivity index (χ3n) is 1.92. The minimum absolute atomic E-state index is 0.507. The number of nitrogens with one attached hydrogen (secondary N) is 1. The molecule has 0 saturated carbocycles. The Labute approximate surface area is 79.5 Å². The molecule has 0 aromatic carbocycles. The van der Waals surface area contributed by atoms with Gasteiger partial charge in [0, 0.05) is 17.6 Å². The minimum Gasteiger partial charge on any atom is -0.387 e. The van der Waals surface area contributed by atoms with E-state index in [2.05, 4.69) is 32.2 Å². The highest BCUT2D eigenvalue weighted by Gasteiger charge is 2.09. The van der Waals surface area contributed by atoms with Crippen molar-refractivity contribution in [2.24, 2.45) is 5.92 Å². The van der Waals surface area contributed by atoms with Crippen molar-refractivity contribution >= 4 is 17.1 Å². The fourth-order valence-corrected chi connectivity index (χ4v) is 1.70. The van der Waals surface area contributed by atoms with Crippen molar-refractivity contribution in [3.8, 4) is 0 Å². The van der Waals surface area contributed by atoms with Crippen molar-refractivity contribution in [3.63, 3.8) is 0 Å². The van der Waals surface area contributed by atoms with E-state index in [0.717, 1.165) is 11.4 Å². The van der Waals surface area contributed by atoms with Gasteiger partial charge in [0.15, 0.2) is 0 Å². The molecule has 1 nitrogen and oxygen atoms in total. The van der Waals surface area contributed by atoms with E-state index in [4.69, 9.17) is 12.2 Å². The number of rotatable bonds is 1. The fourth-order valence-electron chi connectivity index (χ4n) is 1.20. The van der Waals surface area contributed by atoms with Crippen LogP contribution in [-0.2, 0) is 0 Å². The Morgan fingerprint density at radius 2 is 2.17 bits per heavy atom. The Balaban J connectivity index is 2.88. The predicted octanol–water partition coefficient (Wildman–Crippen LogP) is 2.45. The fraction of sp³-hybridized carbons (Fsp3) is 0.500. The monoisotopic (exact) mass is 181 g/mol. The van der Waals surface area contributed by atoms with E-state index in [1.165, 1.54) is 11.1 Å². The van der Waals surface area contributed by atoms with Gasteiger partial charge in [-0.3, -0.25) is 0 Å². The van der Waals surface area contributed by atoms with Crippen LogP contribution in [0.2, 0.25) is 0 Å². The predicted molar refractivity (Wildman–Crippen MR) is 57.3 cm³/mol. The average molecular weight is 181 g/mol. The number of hydrogen-bond acceptors (Lipinski definition) is 2. The molecule has 0 bridgehead atoms. The maximum Gasteiger partial charge on any atom is 0.0426 e. The molecule has 0 spiro atoms. The zero-order chi connectivity index (χ0) is 9.14. The van der Waals surface area contributed by atoms with E-state index in [0.29, 0.717) is 5.92 Å². The van der Waals surface area contributed by atoms with Gasteiger partial charge in [0.1, 0.15) is 0 Å². The van der Waals surface area contributed by atoms with E-state index < -0.39 is 0 Å². The Morgan fingerprint density at radius 1 is 1.50 bits per heavy atom. The van der Waals surface area contributed by atoms with Crippen molar-refractivity contribution in [2.45, 2.75) is 20.8 Å². The lowest BCUT2D eigenvalue weighted by Crippen LogP contribution is -2.09. The summed E-state index contributed by atoms with van der Waals surface area (Å²) in [6.07, 6.45) is 4.13. The van der Waals surface area contributed by atoms with Gasteiger partial charge in [-0.2, -0.15) is 0 Å². The summed E-state index contributed by atoms with van der Waals surface area (Å²) in [4.78, 5) is 0.979. The maximum atomic E-state index is 5.28. The quantitative estimate of drug-likeness (QED) is 0.624. The van der Waals surface area contributed by atoms with Gasteiger partial charge in [0.25, 0.3) is 0 Å². The van der Waals surface area contributed by atoms with E-state index >= 15 is 0 Å². The first-order chi connectivity index (χ1) is 5.61. The SMILES string of the molecule is CC1=CC(=S)C(C(C)C)=CNC1. The summed E-state index contributed by atoms with van der Waals surface area (Å²) >= 11 is 5.28. The summed E-state index contributed by atoms with van der Waals surface area (Å²) in [5.41, 5.74) is 2.54. The lowest BCUT2D eigenvalue weighted by Gasteiger charge is -2.08. The first-order valence-electron chi connectivity index (χ1n) is 4.26. The van der Waals surface area contributed by atoms with E-state index in [9.17, 15) is 0 Å². The van der Waals surface area contributed by atoms with Crippen LogP contribution in [0.5, 0.6) is 0 Å². The zero-order valence-corrected chi connectivity index (χ0v) is 8.66. The summed E-state index contributed by atoms with van der Waals surface area (Å²) in [6.45, 7) is 7.33. The van der Waals surface area contributed by atoms with Crippen molar-refractivity contribution in [1.29, 1.82) is 0 Å². The molecule has 12 heavy (non-hydrogen) atoms. The second-order valence-corrected chi connectivity index (χ2v) is 3.93. The maximum absolute atomic E-state index is 5.28. The van der Waals surface area contributed by atoms with E-state index in [-0.39, 0.29) is 0 Å². The van der Waals surface area contributed by atoms with Crippen LogP contribution in [0.3, 0.4) is 0 Å². The highest BCUT2D eigenvalue weighted by molar-refractivity contribution is 7.81. The molecular weight excluding hydrogens is 166 g/mol. The second-order valence-electron chi connectivity index (χ2n) is 3.49. The number of thiocarbonyl (C=S) groups is 1. The summed E-state index contributed by atoms with van der Waals surface area (Å²) < 4.78 is 0. The minimum atomic E-state index is 0.507. The van der Waals surface area contributed by atoms with Crippen molar-refractivity contribution < 1.29 is 0 Å². The topological polar surface area (TPSA) is 12.0 Å². The molecule has 0 fully saturated rings. The Hall–Kier alpha value is -0.630. The highest BCUT2D eigenvalue weighted by atomic mass is 32.1. The molecule has 0 radical (unpaired) electrons. The molecule has 0 unspecified atom stereocenters. The Bertz CT molecular complexity index is 249. The largest absolute Gasteiger partial charge is 0.387 e. The lowest BCUT2D eigenvalue weighted by molar-refractivity contribution is 0.791. The van der Waals surface area contributed by atoms with Crippen LogP contribution in [0, 0.1) is 5.92 Å². The summed E-state index contributed by atoms with van der Waals surface area (Å²) in [7, 11) is 0. The highest BCUT2D eigenvalue weighted by Crippen LogP contribution is 2.14. The van der Waals surface area contributed by atoms with Crippen molar-refractivity contribution in [1.82, 2.24) is 5.32 Å². The van der Waals surface area contributed by atoms with Crippen LogP contribution in [-0.4, -0.2) is 11.4 Å². The number of allylic oxidation sites excluding steroid dienone is 2. The summed E-state index contributed by atoms with van der Waals surface area (Å²) in [5, 5.41) is 3.24. The molecule has 2 heteroatoms. The van der Waals surface area contributed by atoms with Gasteiger partial charge >= 0.3 is 0 Å². The first-order valence-corrected chi connectivity index (χ1v) is 4.67.